The topological polar surface area (TPSA) is 73.3 Å². The van der Waals surface area contributed by atoms with Gasteiger partial charge in [0.15, 0.2) is 0 Å². The highest BCUT2D eigenvalue weighted by molar-refractivity contribution is 7.89. The average molecular weight is 352 g/mol. The van der Waals surface area contributed by atoms with E-state index >= 15 is 0 Å². The molecule has 3 rings (SSSR count). The highest BCUT2D eigenvalue weighted by atomic mass is 35.5. The van der Waals surface area contributed by atoms with Crippen molar-refractivity contribution in [2.24, 2.45) is 5.14 Å². The first-order valence-corrected chi connectivity index (χ1v) is 8.45. The zero-order valence-electron chi connectivity index (χ0n) is 11.7. The van der Waals surface area contributed by atoms with Crippen LogP contribution >= 0.6 is 11.6 Å². The van der Waals surface area contributed by atoms with Gasteiger partial charge in [0.25, 0.3) is 0 Å². The first-order valence-electron chi connectivity index (χ1n) is 6.52. The first-order chi connectivity index (χ1) is 10.9. The van der Waals surface area contributed by atoms with Gasteiger partial charge in [-0.15, -0.1) is 0 Å². The molecule has 23 heavy (non-hydrogen) atoms. The maximum atomic E-state index is 13.1. The maximum absolute atomic E-state index is 13.1. The average Bonchev–Trinajstić information content (AvgIpc) is 2.89. The minimum Gasteiger partial charge on any atom is -0.452 e. The van der Waals surface area contributed by atoms with Gasteiger partial charge in [-0.3, -0.25) is 0 Å². The molecule has 0 saturated heterocycles. The van der Waals surface area contributed by atoms with Crippen LogP contribution in [0.25, 0.3) is 22.3 Å². The number of nitrogens with two attached hydrogens (primary N) is 1. The Morgan fingerprint density at radius 3 is 2.09 bits per heavy atom. The predicted molar refractivity (Wildman–Crippen MR) is 85.9 cm³/mol. The molecule has 2 aromatic carbocycles. The summed E-state index contributed by atoms with van der Waals surface area (Å²) < 4.78 is 41.0. The van der Waals surface area contributed by atoms with Gasteiger partial charge in [-0.25, -0.2) is 17.9 Å². The number of halogens is 2. The van der Waals surface area contributed by atoms with E-state index in [1.807, 2.05) is 0 Å². The molecule has 0 bridgehead atoms. The summed E-state index contributed by atoms with van der Waals surface area (Å²) in [5, 5.41) is 5.25. The number of benzene rings is 2. The second kappa shape index (κ2) is 5.81. The molecule has 0 radical (unpaired) electrons. The third-order valence-electron chi connectivity index (χ3n) is 3.37. The van der Waals surface area contributed by atoms with Crippen molar-refractivity contribution < 1.29 is 17.2 Å². The number of sulfonamides is 1. The Morgan fingerprint density at radius 1 is 0.957 bits per heavy atom. The molecule has 3 aromatic rings. The van der Waals surface area contributed by atoms with Crippen molar-refractivity contribution in [3.05, 3.63) is 65.8 Å². The largest absolute Gasteiger partial charge is 0.452 e. The summed E-state index contributed by atoms with van der Waals surface area (Å²) >= 11 is 6.10. The van der Waals surface area contributed by atoms with Gasteiger partial charge in [-0.1, -0.05) is 24.3 Å². The van der Waals surface area contributed by atoms with Gasteiger partial charge in [-0.2, -0.15) is 0 Å². The lowest BCUT2D eigenvalue weighted by molar-refractivity contribution is 0.571. The zero-order valence-corrected chi connectivity index (χ0v) is 13.2. The second-order valence-corrected chi connectivity index (χ2v) is 6.78. The maximum Gasteiger partial charge on any atom is 0.238 e. The summed E-state index contributed by atoms with van der Waals surface area (Å²) in [6, 6.07) is 11.9. The lowest BCUT2D eigenvalue weighted by atomic mass is 9.99. The Labute approximate surface area is 137 Å². The zero-order chi connectivity index (χ0) is 16.6. The van der Waals surface area contributed by atoms with Crippen LogP contribution in [-0.2, 0) is 10.0 Å². The molecule has 1 aromatic heterocycles. The molecule has 1 heterocycles. The van der Waals surface area contributed by atoms with Crippen LogP contribution in [0, 0.1) is 5.82 Å². The van der Waals surface area contributed by atoms with E-state index in [0.29, 0.717) is 22.3 Å². The van der Waals surface area contributed by atoms with E-state index in [9.17, 15) is 12.8 Å². The molecule has 0 aliphatic rings. The van der Waals surface area contributed by atoms with Crippen molar-refractivity contribution in [1.82, 2.24) is 0 Å². The van der Waals surface area contributed by atoms with Crippen LogP contribution in [0.1, 0.15) is 0 Å². The van der Waals surface area contributed by atoms with Gasteiger partial charge in [-0.05, 0) is 47.0 Å². The molecular weight excluding hydrogens is 341 g/mol. The first kappa shape index (κ1) is 15.7. The van der Waals surface area contributed by atoms with E-state index in [0.717, 1.165) is 0 Å². The number of rotatable bonds is 3. The fraction of sp³-hybridized carbons (Fsp3) is 0. The molecule has 0 fully saturated rings. The fourth-order valence-electron chi connectivity index (χ4n) is 2.26. The molecule has 118 valence electrons. The van der Waals surface area contributed by atoms with Gasteiger partial charge in [0.2, 0.25) is 15.2 Å². The molecule has 0 spiro atoms. The van der Waals surface area contributed by atoms with E-state index in [2.05, 4.69) is 0 Å². The van der Waals surface area contributed by atoms with Gasteiger partial charge in [0, 0.05) is 11.1 Å². The van der Waals surface area contributed by atoms with E-state index in [-0.39, 0.29) is 15.9 Å². The summed E-state index contributed by atoms with van der Waals surface area (Å²) in [6.45, 7) is 0. The van der Waals surface area contributed by atoms with E-state index < -0.39 is 10.0 Å². The Bertz CT molecular complexity index is 948. The third kappa shape index (κ3) is 3.14. The van der Waals surface area contributed by atoms with Crippen molar-refractivity contribution in [2.75, 3.05) is 0 Å². The summed E-state index contributed by atoms with van der Waals surface area (Å²) in [6.07, 6.45) is 1.47. The van der Waals surface area contributed by atoms with Crippen molar-refractivity contribution in [3.63, 3.8) is 0 Å². The SMILES string of the molecule is NS(=O)(=O)c1ccc(-c2coc(Cl)c2-c2ccc(F)cc2)cc1. The summed E-state index contributed by atoms with van der Waals surface area (Å²) in [5.41, 5.74) is 2.67. The molecule has 0 atom stereocenters. The minimum absolute atomic E-state index is 0.0131. The van der Waals surface area contributed by atoms with Crippen molar-refractivity contribution in [3.8, 4) is 22.3 Å². The van der Waals surface area contributed by atoms with E-state index in [1.54, 1.807) is 24.3 Å². The molecule has 0 unspecified atom stereocenters. The Hall–Kier alpha value is -2.15. The van der Waals surface area contributed by atoms with Crippen LogP contribution in [0.4, 0.5) is 4.39 Å². The Morgan fingerprint density at radius 2 is 1.52 bits per heavy atom. The second-order valence-electron chi connectivity index (χ2n) is 4.87. The van der Waals surface area contributed by atoms with Gasteiger partial charge in [0.1, 0.15) is 12.1 Å². The third-order valence-corrected chi connectivity index (χ3v) is 4.58. The van der Waals surface area contributed by atoms with Crippen molar-refractivity contribution >= 4 is 21.6 Å². The molecule has 0 aliphatic heterocycles. The Balaban J connectivity index is 2.10. The van der Waals surface area contributed by atoms with E-state index in [4.69, 9.17) is 21.2 Å². The number of primary sulfonamides is 1. The van der Waals surface area contributed by atoms with Crippen LogP contribution in [0.3, 0.4) is 0 Å². The summed E-state index contributed by atoms with van der Waals surface area (Å²) in [5.74, 6) is -0.354. The molecule has 0 aliphatic carbocycles. The summed E-state index contributed by atoms with van der Waals surface area (Å²) in [7, 11) is -3.75. The van der Waals surface area contributed by atoms with Gasteiger partial charge in [0.05, 0.1) is 4.90 Å². The van der Waals surface area contributed by atoms with Gasteiger partial charge < -0.3 is 4.42 Å². The molecular formula is C16H11ClFNO3S. The number of hydrogen-bond donors (Lipinski definition) is 1. The standard InChI is InChI=1S/C16H11ClFNO3S/c17-16-15(11-1-5-12(18)6-2-11)14(9-22-16)10-3-7-13(8-4-10)23(19,20)21/h1-9H,(H2,19,20,21). The molecule has 0 amide bonds. The molecule has 4 nitrogen and oxygen atoms in total. The van der Waals surface area contributed by atoms with Crippen molar-refractivity contribution in [1.29, 1.82) is 0 Å². The lowest BCUT2D eigenvalue weighted by Crippen LogP contribution is -2.11. The quantitative estimate of drug-likeness (QED) is 0.773. The Kier molecular flexibility index (Phi) is 3.97. The highest BCUT2D eigenvalue weighted by Gasteiger charge is 2.16. The predicted octanol–water partition coefficient (Wildman–Crippen LogP) is 4.05. The highest BCUT2D eigenvalue weighted by Crippen LogP contribution is 2.39. The smallest absolute Gasteiger partial charge is 0.238 e. The minimum atomic E-state index is -3.75. The van der Waals surface area contributed by atoms with Crippen molar-refractivity contribution in [2.45, 2.75) is 4.90 Å². The molecule has 7 heteroatoms. The molecule has 0 saturated carbocycles. The van der Waals surface area contributed by atoms with Crippen LogP contribution in [-0.4, -0.2) is 8.42 Å². The van der Waals surface area contributed by atoms with Crippen LogP contribution in [0.2, 0.25) is 5.22 Å². The molecule has 2 N–H and O–H groups in total. The van der Waals surface area contributed by atoms with E-state index in [1.165, 1.54) is 30.5 Å². The van der Waals surface area contributed by atoms with Crippen LogP contribution < -0.4 is 5.14 Å². The summed E-state index contributed by atoms with van der Waals surface area (Å²) in [4.78, 5) is 0.0131. The monoisotopic (exact) mass is 351 g/mol. The van der Waals surface area contributed by atoms with Gasteiger partial charge >= 0.3 is 0 Å². The van der Waals surface area contributed by atoms with Crippen LogP contribution in [0.15, 0.2) is 64.1 Å². The number of hydrogen-bond acceptors (Lipinski definition) is 3. The lowest BCUT2D eigenvalue weighted by Gasteiger charge is -2.05. The number of furan rings is 1. The normalized spacial score (nSPS) is 11.6. The van der Waals surface area contributed by atoms with Crippen LogP contribution in [0.5, 0.6) is 0 Å². The fourth-order valence-corrected chi connectivity index (χ4v) is 3.03.